The molecule has 0 aromatic heterocycles. The standard InChI is InChI=1S/C9H22N2O2S/c1-5-9(6-10)14(12,13)11(4)7-8(2)3/h8-9H,5-7,10H2,1-4H3. The van der Waals surface area contributed by atoms with Crippen LogP contribution in [0.2, 0.25) is 0 Å². The van der Waals surface area contributed by atoms with Crippen molar-refractivity contribution in [1.82, 2.24) is 4.31 Å². The van der Waals surface area contributed by atoms with Gasteiger partial charge in [0.15, 0.2) is 0 Å². The third kappa shape index (κ3) is 3.55. The summed E-state index contributed by atoms with van der Waals surface area (Å²) in [7, 11) is -1.57. The molecule has 0 bridgehead atoms. The van der Waals surface area contributed by atoms with E-state index >= 15 is 0 Å². The molecule has 0 saturated heterocycles. The van der Waals surface area contributed by atoms with Crippen molar-refractivity contribution in [2.24, 2.45) is 11.7 Å². The molecule has 0 saturated carbocycles. The summed E-state index contributed by atoms with van der Waals surface area (Å²) in [6, 6.07) is 0. The van der Waals surface area contributed by atoms with Gasteiger partial charge in [0.2, 0.25) is 10.0 Å². The lowest BCUT2D eigenvalue weighted by Crippen LogP contribution is -2.41. The number of hydrogen-bond donors (Lipinski definition) is 1. The Labute approximate surface area is 87.5 Å². The van der Waals surface area contributed by atoms with E-state index in [0.29, 0.717) is 18.9 Å². The third-order valence-electron chi connectivity index (χ3n) is 2.20. The molecule has 0 amide bonds. The normalized spacial score (nSPS) is 15.1. The van der Waals surface area contributed by atoms with Crippen LogP contribution in [0, 0.1) is 5.92 Å². The van der Waals surface area contributed by atoms with Gasteiger partial charge in [-0.2, -0.15) is 0 Å². The first-order chi connectivity index (χ1) is 6.36. The first kappa shape index (κ1) is 13.9. The van der Waals surface area contributed by atoms with Gasteiger partial charge >= 0.3 is 0 Å². The molecule has 0 radical (unpaired) electrons. The van der Waals surface area contributed by atoms with E-state index in [1.54, 1.807) is 7.05 Å². The molecule has 0 fully saturated rings. The molecule has 86 valence electrons. The van der Waals surface area contributed by atoms with E-state index in [2.05, 4.69) is 0 Å². The highest BCUT2D eigenvalue weighted by molar-refractivity contribution is 7.89. The van der Waals surface area contributed by atoms with Crippen molar-refractivity contribution in [3.63, 3.8) is 0 Å². The fraction of sp³-hybridized carbons (Fsp3) is 1.00. The maximum absolute atomic E-state index is 11.9. The highest BCUT2D eigenvalue weighted by atomic mass is 32.2. The van der Waals surface area contributed by atoms with Gasteiger partial charge in [-0.1, -0.05) is 20.8 Å². The highest BCUT2D eigenvalue weighted by Crippen LogP contribution is 2.11. The Hall–Kier alpha value is -0.130. The third-order valence-corrected chi connectivity index (χ3v) is 4.58. The summed E-state index contributed by atoms with van der Waals surface area (Å²) in [6.45, 7) is 6.59. The summed E-state index contributed by atoms with van der Waals surface area (Å²) in [5, 5.41) is -0.439. The van der Waals surface area contributed by atoms with Gasteiger partial charge in [-0.15, -0.1) is 0 Å². The van der Waals surface area contributed by atoms with Gasteiger partial charge in [0.1, 0.15) is 0 Å². The maximum atomic E-state index is 11.9. The lowest BCUT2D eigenvalue weighted by Gasteiger charge is -2.23. The number of nitrogens with zero attached hydrogens (tertiary/aromatic N) is 1. The molecule has 0 aromatic carbocycles. The van der Waals surface area contributed by atoms with Crippen molar-refractivity contribution >= 4 is 10.0 Å². The zero-order valence-corrected chi connectivity index (χ0v) is 10.3. The molecule has 4 nitrogen and oxygen atoms in total. The molecule has 0 aliphatic rings. The molecular weight excluding hydrogens is 200 g/mol. The molecule has 2 N–H and O–H groups in total. The summed E-state index contributed by atoms with van der Waals surface area (Å²) < 4.78 is 25.2. The van der Waals surface area contributed by atoms with Gasteiger partial charge in [0.25, 0.3) is 0 Å². The van der Waals surface area contributed by atoms with E-state index in [1.165, 1.54) is 4.31 Å². The van der Waals surface area contributed by atoms with Gasteiger partial charge in [-0.3, -0.25) is 0 Å². The van der Waals surface area contributed by atoms with Crippen LogP contribution in [0.15, 0.2) is 0 Å². The Bertz CT molecular complexity index is 246. The Morgan fingerprint density at radius 1 is 1.36 bits per heavy atom. The molecular formula is C9H22N2O2S. The molecule has 0 aliphatic heterocycles. The molecule has 0 spiro atoms. The lowest BCUT2D eigenvalue weighted by molar-refractivity contribution is 0.409. The fourth-order valence-electron chi connectivity index (χ4n) is 1.37. The SMILES string of the molecule is CCC(CN)S(=O)(=O)N(C)CC(C)C. The Kier molecular flexibility index (Phi) is 5.63. The zero-order chi connectivity index (χ0) is 11.4. The van der Waals surface area contributed by atoms with E-state index in [9.17, 15) is 8.42 Å². The van der Waals surface area contributed by atoms with Crippen molar-refractivity contribution < 1.29 is 8.42 Å². The Balaban J connectivity index is 4.59. The topological polar surface area (TPSA) is 63.4 Å². The Morgan fingerprint density at radius 2 is 1.86 bits per heavy atom. The van der Waals surface area contributed by atoms with E-state index < -0.39 is 15.3 Å². The minimum atomic E-state index is -3.19. The minimum absolute atomic E-state index is 0.196. The molecule has 5 heteroatoms. The van der Waals surface area contributed by atoms with E-state index in [-0.39, 0.29) is 6.54 Å². The van der Waals surface area contributed by atoms with Gasteiger partial charge in [0, 0.05) is 20.1 Å². The van der Waals surface area contributed by atoms with Crippen molar-refractivity contribution in [3.05, 3.63) is 0 Å². The van der Waals surface area contributed by atoms with Crippen LogP contribution < -0.4 is 5.73 Å². The molecule has 0 aliphatic carbocycles. The van der Waals surface area contributed by atoms with Crippen LogP contribution in [0.1, 0.15) is 27.2 Å². The highest BCUT2D eigenvalue weighted by Gasteiger charge is 2.27. The van der Waals surface area contributed by atoms with Crippen LogP contribution in [0.4, 0.5) is 0 Å². The largest absolute Gasteiger partial charge is 0.329 e. The molecule has 1 unspecified atom stereocenters. The lowest BCUT2D eigenvalue weighted by atomic mass is 10.2. The van der Waals surface area contributed by atoms with Gasteiger partial charge < -0.3 is 5.73 Å². The van der Waals surface area contributed by atoms with Gasteiger partial charge in [-0.05, 0) is 12.3 Å². The minimum Gasteiger partial charge on any atom is -0.329 e. The van der Waals surface area contributed by atoms with Gasteiger partial charge in [0.05, 0.1) is 5.25 Å². The van der Waals surface area contributed by atoms with Crippen LogP contribution in [0.3, 0.4) is 0 Å². The summed E-state index contributed by atoms with van der Waals surface area (Å²) >= 11 is 0. The number of nitrogens with two attached hydrogens (primary N) is 1. The van der Waals surface area contributed by atoms with Gasteiger partial charge in [-0.25, -0.2) is 12.7 Å². The first-order valence-corrected chi connectivity index (χ1v) is 6.51. The number of sulfonamides is 1. The van der Waals surface area contributed by atoms with Crippen LogP contribution in [-0.4, -0.2) is 38.1 Å². The summed E-state index contributed by atoms with van der Waals surface area (Å²) in [6.07, 6.45) is 0.571. The average molecular weight is 222 g/mol. The molecule has 0 heterocycles. The second-order valence-electron chi connectivity index (χ2n) is 3.99. The number of hydrogen-bond acceptors (Lipinski definition) is 3. The predicted molar refractivity (Wildman–Crippen MR) is 59.5 cm³/mol. The summed E-state index contributed by atoms with van der Waals surface area (Å²) in [4.78, 5) is 0. The summed E-state index contributed by atoms with van der Waals surface area (Å²) in [5.74, 6) is 0.338. The number of rotatable bonds is 6. The van der Waals surface area contributed by atoms with Crippen LogP contribution in [0.5, 0.6) is 0 Å². The van der Waals surface area contributed by atoms with Crippen molar-refractivity contribution in [2.75, 3.05) is 20.1 Å². The average Bonchev–Trinajstić information content (AvgIpc) is 2.04. The first-order valence-electron chi connectivity index (χ1n) is 5.01. The molecule has 14 heavy (non-hydrogen) atoms. The Morgan fingerprint density at radius 3 is 2.14 bits per heavy atom. The molecule has 1 atom stereocenters. The van der Waals surface area contributed by atoms with E-state index in [1.807, 2.05) is 20.8 Å². The van der Waals surface area contributed by atoms with E-state index in [0.717, 1.165) is 0 Å². The zero-order valence-electron chi connectivity index (χ0n) is 9.53. The second-order valence-corrected chi connectivity index (χ2v) is 6.31. The maximum Gasteiger partial charge on any atom is 0.217 e. The van der Waals surface area contributed by atoms with Crippen LogP contribution >= 0.6 is 0 Å². The monoisotopic (exact) mass is 222 g/mol. The van der Waals surface area contributed by atoms with Crippen molar-refractivity contribution in [3.8, 4) is 0 Å². The van der Waals surface area contributed by atoms with Crippen LogP contribution in [0.25, 0.3) is 0 Å². The quantitative estimate of drug-likeness (QED) is 0.717. The van der Waals surface area contributed by atoms with E-state index in [4.69, 9.17) is 5.73 Å². The van der Waals surface area contributed by atoms with Crippen molar-refractivity contribution in [1.29, 1.82) is 0 Å². The fourth-order valence-corrected chi connectivity index (χ4v) is 3.05. The predicted octanol–water partition coefficient (Wildman–Crippen LogP) is 0.641. The second kappa shape index (κ2) is 5.68. The van der Waals surface area contributed by atoms with Crippen LogP contribution in [-0.2, 0) is 10.0 Å². The molecule has 0 rings (SSSR count). The smallest absolute Gasteiger partial charge is 0.217 e. The van der Waals surface area contributed by atoms with Crippen molar-refractivity contribution in [2.45, 2.75) is 32.4 Å². The molecule has 0 aromatic rings. The summed E-state index contributed by atoms with van der Waals surface area (Å²) in [5.41, 5.74) is 5.43.